The van der Waals surface area contributed by atoms with Crippen LogP contribution in [0.25, 0.3) is 0 Å². The molecule has 1 rings (SSSR count). The van der Waals surface area contributed by atoms with Crippen molar-refractivity contribution >= 4 is 26.1 Å². The Morgan fingerprint density at radius 3 is 2.50 bits per heavy atom. The van der Waals surface area contributed by atoms with Crippen molar-refractivity contribution in [2.24, 2.45) is 5.92 Å². The first-order valence-corrected chi connectivity index (χ1v) is 7.18. The fourth-order valence-corrected chi connectivity index (χ4v) is 4.26. The van der Waals surface area contributed by atoms with Crippen LogP contribution in [0.15, 0.2) is 0 Å². The molecule has 1 fully saturated rings. The fourth-order valence-electron chi connectivity index (χ4n) is 1.70. The molecule has 0 spiro atoms. The van der Waals surface area contributed by atoms with Gasteiger partial charge in [-0.2, -0.15) is 17.0 Å². The van der Waals surface area contributed by atoms with Crippen molar-refractivity contribution in [3.63, 3.8) is 0 Å². The van der Waals surface area contributed by atoms with E-state index in [9.17, 15) is 8.42 Å². The first-order valence-electron chi connectivity index (χ1n) is 4.66. The molecule has 1 aliphatic rings. The van der Waals surface area contributed by atoms with Crippen LogP contribution in [0.2, 0.25) is 0 Å². The van der Waals surface area contributed by atoms with Crippen molar-refractivity contribution in [1.29, 1.82) is 0 Å². The predicted octanol–water partition coefficient (Wildman–Crippen LogP) is 0.898. The van der Waals surface area contributed by atoms with Crippen molar-refractivity contribution in [2.45, 2.75) is 19.4 Å². The number of hydrogen-bond acceptors (Lipinski definition) is 2. The quantitative estimate of drug-likeness (QED) is 0.723. The van der Waals surface area contributed by atoms with Gasteiger partial charge in [-0.15, -0.1) is 0 Å². The minimum Gasteiger partial charge on any atom is -0.195 e. The molecule has 1 heterocycles. The van der Waals surface area contributed by atoms with Crippen molar-refractivity contribution < 1.29 is 8.42 Å². The summed E-state index contributed by atoms with van der Waals surface area (Å²) >= 11 is 3.37. The summed E-state index contributed by atoms with van der Waals surface area (Å²) in [6.07, 6.45) is 0.948. The van der Waals surface area contributed by atoms with Crippen LogP contribution in [0.5, 0.6) is 0 Å². The number of alkyl halides is 1. The zero-order valence-corrected chi connectivity index (χ0v) is 11.2. The van der Waals surface area contributed by atoms with Crippen molar-refractivity contribution in [1.82, 2.24) is 8.61 Å². The molecule has 2 unspecified atom stereocenters. The van der Waals surface area contributed by atoms with Crippen molar-refractivity contribution in [3.8, 4) is 0 Å². The van der Waals surface area contributed by atoms with Crippen LogP contribution < -0.4 is 0 Å². The van der Waals surface area contributed by atoms with Gasteiger partial charge in [0.1, 0.15) is 0 Å². The van der Waals surface area contributed by atoms with Crippen LogP contribution >= 0.6 is 15.9 Å². The zero-order chi connectivity index (χ0) is 10.9. The maximum absolute atomic E-state index is 11.9. The number of hydrogen-bond donors (Lipinski definition) is 0. The van der Waals surface area contributed by atoms with Gasteiger partial charge in [0.25, 0.3) is 10.2 Å². The predicted molar refractivity (Wildman–Crippen MR) is 60.7 cm³/mol. The molecule has 4 nitrogen and oxygen atoms in total. The highest BCUT2D eigenvalue weighted by Crippen LogP contribution is 2.28. The van der Waals surface area contributed by atoms with Gasteiger partial charge in [0.05, 0.1) is 0 Å². The van der Waals surface area contributed by atoms with Gasteiger partial charge >= 0.3 is 0 Å². The molecule has 0 amide bonds. The topological polar surface area (TPSA) is 40.6 Å². The van der Waals surface area contributed by atoms with Crippen LogP contribution in [0.3, 0.4) is 0 Å². The lowest BCUT2D eigenvalue weighted by atomic mass is 10.1. The monoisotopic (exact) mass is 284 g/mol. The van der Waals surface area contributed by atoms with Crippen LogP contribution in [-0.4, -0.2) is 49.0 Å². The average Bonchev–Trinajstić information content (AvgIpc) is 2.46. The molecule has 0 aromatic rings. The Morgan fingerprint density at radius 1 is 1.50 bits per heavy atom. The minimum absolute atomic E-state index is 0.0994. The SMILES string of the molecule is CC1CCN(S(=O)(=O)N(C)C)C1CBr. The summed E-state index contributed by atoms with van der Waals surface area (Å²) < 4.78 is 26.6. The van der Waals surface area contributed by atoms with Crippen molar-refractivity contribution in [3.05, 3.63) is 0 Å². The maximum atomic E-state index is 11.9. The fraction of sp³-hybridized carbons (Fsp3) is 1.00. The first-order chi connectivity index (χ1) is 6.41. The lowest BCUT2D eigenvalue weighted by Gasteiger charge is -2.27. The molecule has 0 aromatic heterocycles. The number of nitrogens with zero attached hydrogens (tertiary/aromatic N) is 2. The molecule has 0 N–H and O–H groups in total. The van der Waals surface area contributed by atoms with Gasteiger partial charge in [0.2, 0.25) is 0 Å². The van der Waals surface area contributed by atoms with E-state index in [1.165, 1.54) is 4.31 Å². The summed E-state index contributed by atoms with van der Waals surface area (Å²) in [6.45, 7) is 2.73. The van der Waals surface area contributed by atoms with E-state index in [0.29, 0.717) is 17.8 Å². The molecule has 1 saturated heterocycles. The summed E-state index contributed by atoms with van der Waals surface area (Å²) in [7, 11) is -0.0881. The Balaban J connectivity index is 2.89. The number of rotatable bonds is 3. The third-order valence-electron chi connectivity index (χ3n) is 2.75. The van der Waals surface area contributed by atoms with Gasteiger partial charge in [-0.05, 0) is 12.3 Å². The Labute approximate surface area is 94.6 Å². The Kier molecular flexibility index (Phi) is 3.96. The van der Waals surface area contributed by atoms with Gasteiger partial charge in [0.15, 0.2) is 0 Å². The highest BCUT2D eigenvalue weighted by Gasteiger charge is 2.38. The molecule has 1 aliphatic heterocycles. The maximum Gasteiger partial charge on any atom is 0.281 e. The van der Waals surface area contributed by atoms with Gasteiger partial charge in [0, 0.05) is 32.0 Å². The van der Waals surface area contributed by atoms with Gasteiger partial charge in [-0.1, -0.05) is 22.9 Å². The highest BCUT2D eigenvalue weighted by atomic mass is 79.9. The molecular weight excluding hydrogens is 268 g/mol. The summed E-state index contributed by atoms with van der Waals surface area (Å²) in [5, 5.41) is 0.710. The minimum atomic E-state index is -3.23. The van der Waals surface area contributed by atoms with Gasteiger partial charge in [-0.25, -0.2) is 0 Å². The molecule has 0 saturated carbocycles. The van der Waals surface area contributed by atoms with Crippen molar-refractivity contribution in [2.75, 3.05) is 26.0 Å². The Bertz CT molecular complexity index is 292. The lowest BCUT2D eigenvalue weighted by Crippen LogP contribution is -2.44. The van der Waals surface area contributed by atoms with Crippen LogP contribution in [0.4, 0.5) is 0 Å². The largest absolute Gasteiger partial charge is 0.281 e. The van der Waals surface area contributed by atoms with Crippen LogP contribution in [0.1, 0.15) is 13.3 Å². The summed E-state index contributed by atoms with van der Waals surface area (Å²) in [5.74, 6) is 0.434. The summed E-state index contributed by atoms with van der Waals surface area (Å²) in [5.41, 5.74) is 0. The van der Waals surface area contributed by atoms with E-state index in [0.717, 1.165) is 6.42 Å². The van der Waals surface area contributed by atoms with E-state index >= 15 is 0 Å². The summed E-state index contributed by atoms with van der Waals surface area (Å²) in [6, 6.07) is 0.0994. The third-order valence-corrected chi connectivity index (χ3v) is 5.38. The van der Waals surface area contributed by atoms with E-state index in [2.05, 4.69) is 22.9 Å². The van der Waals surface area contributed by atoms with E-state index in [-0.39, 0.29) is 6.04 Å². The number of halogens is 1. The normalized spacial score (nSPS) is 30.1. The standard InChI is InChI=1S/C8H17BrN2O2S/c1-7-4-5-11(8(7)6-9)14(12,13)10(2)3/h7-8H,4-6H2,1-3H3. The Hall–Kier alpha value is 0.350. The molecule has 0 radical (unpaired) electrons. The molecule has 0 bridgehead atoms. The van der Waals surface area contributed by atoms with Gasteiger partial charge in [-0.3, -0.25) is 0 Å². The molecule has 6 heteroatoms. The zero-order valence-electron chi connectivity index (χ0n) is 8.77. The van der Waals surface area contributed by atoms with Crippen LogP contribution in [-0.2, 0) is 10.2 Å². The first kappa shape index (κ1) is 12.4. The second-order valence-corrected chi connectivity index (χ2v) is 6.63. The average molecular weight is 285 g/mol. The summed E-state index contributed by atoms with van der Waals surface area (Å²) in [4.78, 5) is 0. The third kappa shape index (κ3) is 2.13. The Morgan fingerprint density at radius 2 is 2.07 bits per heavy atom. The highest BCUT2D eigenvalue weighted by molar-refractivity contribution is 9.09. The molecule has 84 valence electrons. The van der Waals surface area contributed by atoms with E-state index in [1.54, 1.807) is 18.4 Å². The van der Waals surface area contributed by atoms with E-state index < -0.39 is 10.2 Å². The second-order valence-electron chi connectivity index (χ2n) is 3.89. The molecular formula is C8H17BrN2O2S. The van der Waals surface area contributed by atoms with Crippen LogP contribution in [0, 0.1) is 5.92 Å². The van der Waals surface area contributed by atoms with E-state index in [1.807, 2.05) is 0 Å². The molecule has 0 aliphatic carbocycles. The molecule has 14 heavy (non-hydrogen) atoms. The van der Waals surface area contributed by atoms with E-state index in [4.69, 9.17) is 0 Å². The molecule has 2 atom stereocenters. The molecule has 0 aromatic carbocycles. The van der Waals surface area contributed by atoms with Gasteiger partial charge < -0.3 is 0 Å². The second kappa shape index (κ2) is 4.47. The smallest absolute Gasteiger partial charge is 0.195 e. The lowest BCUT2D eigenvalue weighted by molar-refractivity contribution is 0.351.